The van der Waals surface area contributed by atoms with E-state index in [0.717, 1.165) is 6.07 Å². The van der Waals surface area contributed by atoms with Crippen molar-refractivity contribution in [3.63, 3.8) is 0 Å². The minimum absolute atomic E-state index is 0.00633. The summed E-state index contributed by atoms with van der Waals surface area (Å²) >= 11 is 2.99. The van der Waals surface area contributed by atoms with E-state index in [1.807, 2.05) is 0 Å². The summed E-state index contributed by atoms with van der Waals surface area (Å²) in [5.74, 6) is -1.78. The average Bonchev–Trinajstić information content (AvgIpc) is 2.35. The van der Waals surface area contributed by atoms with Gasteiger partial charge in [-0.15, -0.1) is 0 Å². The van der Waals surface area contributed by atoms with E-state index in [4.69, 9.17) is 0 Å². The third-order valence-electron chi connectivity index (χ3n) is 2.54. The van der Waals surface area contributed by atoms with Crippen LogP contribution < -0.4 is 5.32 Å². The number of alkyl halides is 2. The summed E-state index contributed by atoms with van der Waals surface area (Å²) in [5.41, 5.74) is -0.629. The van der Waals surface area contributed by atoms with Gasteiger partial charge in [0, 0.05) is 23.7 Å². The van der Waals surface area contributed by atoms with Crippen molar-refractivity contribution < 1.29 is 17.6 Å². The predicted molar refractivity (Wildman–Crippen MR) is 68.5 cm³/mol. The number of fused-ring (bicyclic) bond motifs is 1. The average molecular weight is 337 g/mol. The lowest BCUT2D eigenvalue weighted by Gasteiger charge is -2.12. The molecule has 0 fully saturated rings. The predicted octanol–water partition coefficient (Wildman–Crippen LogP) is 4.64. The smallest absolute Gasteiger partial charge is 0.280 e. The van der Waals surface area contributed by atoms with Gasteiger partial charge in [0.05, 0.1) is 4.47 Å². The second-order valence-corrected chi connectivity index (χ2v) is 4.60. The maximum absolute atomic E-state index is 13.7. The minimum Gasteiger partial charge on any atom is -0.385 e. The van der Waals surface area contributed by atoms with Crippen molar-refractivity contribution in [2.45, 2.75) is 13.3 Å². The molecule has 0 amide bonds. The fraction of sp³-hybridized carbons (Fsp3) is 0.250. The van der Waals surface area contributed by atoms with Gasteiger partial charge in [0.25, 0.3) is 6.43 Å². The van der Waals surface area contributed by atoms with Crippen LogP contribution >= 0.6 is 15.9 Å². The highest BCUT2D eigenvalue weighted by Crippen LogP contribution is 2.35. The normalized spacial score (nSPS) is 11.3. The first-order valence-corrected chi connectivity index (χ1v) is 6.25. The molecule has 0 saturated carbocycles. The molecule has 1 aromatic carbocycles. The van der Waals surface area contributed by atoms with Crippen molar-refractivity contribution in [3.8, 4) is 0 Å². The molecule has 0 spiro atoms. The fourth-order valence-electron chi connectivity index (χ4n) is 1.76. The van der Waals surface area contributed by atoms with E-state index < -0.39 is 23.8 Å². The molecule has 2 rings (SSSR count). The lowest BCUT2D eigenvalue weighted by Crippen LogP contribution is -2.03. The maximum Gasteiger partial charge on any atom is 0.280 e. The second-order valence-electron chi connectivity index (χ2n) is 3.80. The number of halogens is 5. The van der Waals surface area contributed by atoms with E-state index in [0.29, 0.717) is 12.6 Å². The van der Waals surface area contributed by atoms with Crippen LogP contribution in [0.4, 0.5) is 23.2 Å². The molecule has 0 unspecified atom stereocenters. The van der Waals surface area contributed by atoms with E-state index >= 15 is 0 Å². The van der Waals surface area contributed by atoms with Gasteiger partial charge in [0.1, 0.15) is 17.0 Å². The summed E-state index contributed by atoms with van der Waals surface area (Å²) in [6.07, 6.45) is -2.83. The molecule has 2 aromatic rings. The lowest BCUT2D eigenvalue weighted by molar-refractivity contribution is 0.146. The third-order valence-corrected chi connectivity index (χ3v) is 3.31. The van der Waals surface area contributed by atoms with Crippen LogP contribution in [0.25, 0.3) is 10.9 Å². The Morgan fingerprint density at radius 2 is 1.95 bits per heavy atom. The number of pyridine rings is 1. The van der Waals surface area contributed by atoms with Crippen LogP contribution in [0.5, 0.6) is 0 Å². The second kappa shape index (κ2) is 5.32. The molecule has 0 aliphatic carbocycles. The van der Waals surface area contributed by atoms with Gasteiger partial charge in [0.2, 0.25) is 0 Å². The molecule has 1 N–H and O–H groups in total. The van der Waals surface area contributed by atoms with Gasteiger partial charge in [-0.3, -0.25) is 0 Å². The Hall–Kier alpha value is -1.37. The number of anilines is 1. The monoisotopic (exact) mass is 336 g/mol. The van der Waals surface area contributed by atoms with Crippen LogP contribution in [0.2, 0.25) is 0 Å². The zero-order valence-corrected chi connectivity index (χ0v) is 11.4. The molecule has 0 aliphatic rings. The number of nitrogens with zero attached hydrogens (tertiary/aromatic N) is 1. The zero-order valence-electron chi connectivity index (χ0n) is 9.78. The summed E-state index contributed by atoms with van der Waals surface area (Å²) in [7, 11) is 0. The highest BCUT2D eigenvalue weighted by atomic mass is 79.9. The highest BCUT2D eigenvalue weighted by Gasteiger charge is 2.19. The van der Waals surface area contributed by atoms with Crippen molar-refractivity contribution in [3.05, 3.63) is 33.9 Å². The molecule has 102 valence electrons. The maximum atomic E-state index is 13.7. The molecule has 0 bridgehead atoms. The first-order chi connectivity index (χ1) is 8.95. The zero-order chi connectivity index (χ0) is 14.2. The van der Waals surface area contributed by atoms with Gasteiger partial charge in [-0.25, -0.2) is 22.5 Å². The highest BCUT2D eigenvalue weighted by molar-refractivity contribution is 9.10. The number of hydrogen-bond acceptors (Lipinski definition) is 2. The Morgan fingerprint density at radius 1 is 1.26 bits per heavy atom. The number of nitrogens with one attached hydrogen (secondary N) is 1. The molecule has 0 atom stereocenters. The Balaban J connectivity index is 2.86. The standard InChI is InChI=1S/C12H9BrF4N2/c1-2-18-7-4-8(12(16)17)19-11-6(15)3-5(14)10(13)9(7)11/h3-4,12H,2H2,1H3,(H,18,19). The number of hydrogen-bond donors (Lipinski definition) is 1. The summed E-state index contributed by atoms with van der Waals surface area (Å²) in [5, 5.41) is 2.92. The van der Waals surface area contributed by atoms with Crippen molar-refractivity contribution in [1.82, 2.24) is 4.98 Å². The first kappa shape index (κ1) is 14.0. The molecule has 1 heterocycles. The van der Waals surface area contributed by atoms with Gasteiger partial charge >= 0.3 is 0 Å². The molecule has 7 heteroatoms. The van der Waals surface area contributed by atoms with Gasteiger partial charge in [-0.05, 0) is 28.9 Å². The van der Waals surface area contributed by atoms with E-state index in [9.17, 15) is 17.6 Å². The van der Waals surface area contributed by atoms with Crippen molar-refractivity contribution in [2.75, 3.05) is 11.9 Å². The number of rotatable bonds is 3. The Kier molecular flexibility index (Phi) is 3.93. The molecular formula is C12H9BrF4N2. The quantitative estimate of drug-likeness (QED) is 0.652. The van der Waals surface area contributed by atoms with Crippen molar-refractivity contribution >= 4 is 32.5 Å². The molecule has 1 aromatic heterocycles. The van der Waals surface area contributed by atoms with E-state index in [1.165, 1.54) is 0 Å². The van der Waals surface area contributed by atoms with E-state index in [-0.39, 0.29) is 21.1 Å². The largest absolute Gasteiger partial charge is 0.385 e. The SMILES string of the molecule is CCNc1cc(C(F)F)nc2c(F)cc(F)c(Br)c12. The summed E-state index contributed by atoms with van der Waals surface area (Å²) < 4.78 is 52.6. The molecular weight excluding hydrogens is 328 g/mol. The van der Waals surface area contributed by atoms with Crippen LogP contribution in [-0.2, 0) is 0 Å². The van der Waals surface area contributed by atoms with Crippen LogP contribution in [0.3, 0.4) is 0 Å². The molecule has 0 radical (unpaired) electrons. The van der Waals surface area contributed by atoms with Gasteiger partial charge in [-0.2, -0.15) is 0 Å². The van der Waals surface area contributed by atoms with Crippen molar-refractivity contribution in [2.24, 2.45) is 0 Å². The number of aromatic nitrogens is 1. The molecule has 0 aliphatic heterocycles. The summed E-state index contributed by atoms with van der Waals surface area (Å²) in [6.45, 7) is 2.17. The molecule has 19 heavy (non-hydrogen) atoms. The topological polar surface area (TPSA) is 24.9 Å². The van der Waals surface area contributed by atoms with Crippen LogP contribution in [0.1, 0.15) is 19.0 Å². The van der Waals surface area contributed by atoms with Crippen LogP contribution in [-0.4, -0.2) is 11.5 Å². The molecule has 2 nitrogen and oxygen atoms in total. The van der Waals surface area contributed by atoms with Crippen LogP contribution in [0, 0.1) is 11.6 Å². The van der Waals surface area contributed by atoms with E-state index in [1.54, 1.807) is 6.92 Å². The number of benzene rings is 1. The van der Waals surface area contributed by atoms with E-state index in [2.05, 4.69) is 26.2 Å². The van der Waals surface area contributed by atoms with Crippen LogP contribution in [0.15, 0.2) is 16.6 Å². The fourth-order valence-corrected chi connectivity index (χ4v) is 2.28. The Morgan fingerprint density at radius 3 is 2.53 bits per heavy atom. The third kappa shape index (κ3) is 2.51. The minimum atomic E-state index is -2.83. The Labute approximate surface area is 115 Å². The lowest BCUT2D eigenvalue weighted by atomic mass is 10.1. The van der Waals surface area contributed by atoms with Gasteiger partial charge in [0.15, 0.2) is 5.82 Å². The Bertz CT molecular complexity index is 631. The first-order valence-electron chi connectivity index (χ1n) is 5.45. The summed E-state index contributed by atoms with van der Waals surface area (Å²) in [4.78, 5) is 3.56. The van der Waals surface area contributed by atoms with Gasteiger partial charge < -0.3 is 5.32 Å². The summed E-state index contributed by atoms with van der Waals surface area (Å²) in [6, 6.07) is 1.71. The molecule has 0 saturated heterocycles. The van der Waals surface area contributed by atoms with Gasteiger partial charge in [-0.1, -0.05) is 0 Å². The van der Waals surface area contributed by atoms with Crippen molar-refractivity contribution in [1.29, 1.82) is 0 Å².